The molecule has 152 valence electrons. The van der Waals surface area contributed by atoms with Crippen LogP contribution < -0.4 is 4.90 Å². The molecule has 2 aromatic carbocycles. The highest BCUT2D eigenvalue weighted by Gasteiger charge is 2.33. The number of piperazine rings is 1. The molecule has 3 rings (SSSR count). The number of sulfone groups is 1. The fourth-order valence-corrected chi connectivity index (χ4v) is 4.19. The minimum Gasteiger partial charge on any atom is -0.369 e. The van der Waals surface area contributed by atoms with E-state index in [9.17, 15) is 21.6 Å². The Labute approximate surface area is 167 Å². The highest BCUT2D eigenvalue weighted by Crippen LogP contribution is 2.35. The molecular formula is C19H20ClF3N2O2S. The van der Waals surface area contributed by atoms with Crippen molar-refractivity contribution in [2.45, 2.75) is 17.6 Å². The summed E-state index contributed by atoms with van der Waals surface area (Å²) in [4.78, 5) is 4.52. The predicted octanol–water partition coefficient (Wildman–Crippen LogP) is 4.08. The third-order valence-corrected chi connectivity index (χ3v) is 6.15. The van der Waals surface area contributed by atoms with Crippen molar-refractivity contribution in [3.8, 4) is 0 Å². The molecule has 1 fully saturated rings. The van der Waals surface area contributed by atoms with Gasteiger partial charge in [0.25, 0.3) is 0 Å². The predicted molar refractivity (Wildman–Crippen MR) is 103 cm³/mol. The van der Waals surface area contributed by atoms with Crippen molar-refractivity contribution in [1.82, 2.24) is 4.90 Å². The number of hydrogen-bond donors (Lipinski definition) is 0. The van der Waals surface area contributed by atoms with E-state index in [-0.39, 0.29) is 9.92 Å². The maximum absolute atomic E-state index is 12.8. The van der Waals surface area contributed by atoms with Gasteiger partial charge in [0, 0.05) is 44.7 Å². The summed E-state index contributed by atoms with van der Waals surface area (Å²) < 4.78 is 61.9. The molecule has 1 saturated heterocycles. The van der Waals surface area contributed by atoms with E-state index in [0.29, 0.717) is 32.7 Å². The van der Waals surface area contributed by atoms with Gasteiger partial charge in [0.05, 0.1) is 15.5 Å². The summed E-state index contributed by atoms with van der Waals surface area (Å²) in [6, 6.07) is 10.7. The van der Waals surface area contributed by atoms with E-state index >= 15 is 0 Å². The van der Waals surface area contributed by atoms with Crippen molar-refractivity contribution in [3.63, 3.8) is 0 Å². The molecule has 1 aliphatic rings. The first-order valence-corrected chi connectivity index (χ1v) is 10.9. The molecule has 2 aromatic rings. The maximum atomic E-state index is 12.8. The van der Waals surface area contributed by atoms with E-state index in [1.807, 2.05) is 6.07 Å². The van der Waals surface area contributed by atoms with E-state index < -0.39 is 21.6 Å². The average Bonchev–Trinajstić information content (AvgIpc) is 2.61. The molecule has 0 atom stereocenters. The summed E-state index contributed by atoms with van der Waals surface area (Å²) in [5.74, 6) is 0. The first-order valence-electron chi connectivity index (χ1n) is 8.67. The van der Waals surface area contributed by atoms with E-state index in [1.54, 1.807) is 18.2 Å². The number of halogens is 4. The van der Waals surface area contributed by atoms with Crippen molar-refractivity contribution in [2.75, 3.05) is 37.3 Å². The lowest BCUT2D eigenvalue weighted by molar-refractivity contribution is -0.137. The second kappa shape index (κ2) is 7.93. The van der Waals surface area contributed by atoms with Crippen molar-refractivity contribution < 1.29 is 21.6 Å². The van der Waals surface area contributed by atoms with Crippen LogP contribution in [0.3, 0.4) is 0 Å². The molecule has 0 spiro atoms. The summed E-state index contributed by atoms with van der Waals surface area (Å²) in [6.45, 7) is 3.32. The zero-order chi connectivity index (χ0) is 20.5. The molecular weight excluding hydrogens is 413 g/mol. The van der Waals surface area contributed by atoms with Crippen LogP contribution >= 0.6 is 11.6 Å². The van der Waals surface area contributed by atoms with E-state index in [0.717, 1.165) is 17.3 Å². The SMILES string of the molecule is CS(=O)(=O)c1cccc(N2CCN(Cc3ccc(C(F)(F)F)c(Cl)c3)CC2)c1. The summed E-state index contributed by atoms with van der Waals surface area (Å²) >= 11 is 5.79. The Bertz CT molecular complexity index is 956. The second-order valence-electron chi connectivity index (χ2n) is 6.84. The molecule has 0 aliphatic carbocycles. The van der Waals surface area contributed by atoms with Gasteiger partial charge in [0.15, 0.2) is 9.84 Å². The van der Waals surface area contributed by atoms with Crippen molar-refractivity contribution >= 4 is 27.1 Å². The molecule has 1 heterocycles. The number of rotatable bonds is 4. The number of benzene rings is 2. The molecule has 1 aliphatic heterocycles. The van der Waals surface area contributed by atoms with Crippen molar-refractivity contribution in [3.05, 3.63) is 58.6 Å². The molecule has 0 radical (unpaired) electrons. The molecule has 0 N–H and O–H groups in total. The third-order valence-electron chi connectivity index (χ3n) is 4.73. The summed E-state index contributed by atoms with van der Waals surface area (Å²) in [6.07, 6.45) is -3.28. The normalized spacial score (nSPS) is 16.4. The van der Waals surface area contributed by atoms with Crippen LogP contribution in [0.1, 0.15) is 11.1 Å². The molecule has 0 unspecified atom stereocenters. The summed E-state index contributed by atoms with van der Waals surface area (Å²) in [7, 11) is -3.26. The van der Waals surface area contributed by atoms with E-state index in [2.05, 4.69) is 9.80 Å². The highest BCUT2D eigenvalue weighted by molar-refractivity contribution is 7.90. The fraction of sp³-hybridized carbons (Fsp3) is 0.368. The van der Waals surface area contributed by atoms with Gasteiger partial charge in [-0.3, -0.25) is 4.90 Å². The number of alkyl halides is 3. The minimum atomic E-state index is -4.46. The van der Waals surface area contributed by atoms with Gasteiger partial charge in [-0.1, -0.05) is 23.7 Å². The monoisotopic (exact) mass is 432 g/mol. The molecule has 0 aromatic heterocycles. The number of hydrogen-bond acceptors (Lipinski definition) is 4. The van der Waals surface area contributed by atoms with Gasteiger partial charge in [-0.25, -0.2) is 8.42 Å². The first kappa shape index (κ1) is 21.0. The topological polar surface area (TPSA) is 40.6 Å². The lowest BCUT2D eigenvalue weighted by Gasteiger charge is -2.36. The summed E-state index contributed by atoms with van der Waals surface area (Å²) in [5.41, 5.74) is 0.749. The van der Waals surface area contributed by atoms with Crippen LogP contribution in [0.4, 0.5) is 18.9 Å². The number of anilines is 1. The van der Waals surface area contributed by atoms with Crippen LogP contribution in [0, 0.1) is 0 Å². The quantitative estimate of drug-likeness (QED) is 0.729. The van der Waals surface area contributed by atoms with Gasteiger partial charge in [-0.05, 0) is 35.9 Å². The largest absolute Gasteiger partial charge is 0.417 e. The molecule has 0 amide bonds. The first-order chi connectivity index (χ1) is 13.0. The zero-order valence-electron chi connectivity index (χ0n) is 15.2. The Kier molecular flexibility index (Phi) is 5.93. The fourth-order valence-electron chi connectivity index (χ4n) is 3.22. The zero-order valence-corrected chi connectivity index (χ0v) is 16.8. The van der Waals surface area contributed by atoms with Crippen LogP contribution in [0.15, 0.2) is 47.4 Å². The Morgan fingerprint density at radius 3 is 2.29 bits per heavy atom. The lowest BCUT2D eigenvalue weighted by Crippen LogP contribution is -2.46. The Hall–Kier alpha value is -1.77. The van der Waals surface area contributed by atoms with Gasteiger partial charge in [-0.2, -0.15) is 13.2 Å². The smallest absolute Gasteiger partial charge is 0.369 e. The molecule has 0 saturated carbocycles. The molecule has 9 heteroatoms. The van der Waals surface area contributed by atoms with Crippen LogP contribution in [0.5, 0.6) is 0 Å². The van der Waals surface area contributed by atoms with Crippen molar-refractivity contribution in [1.29, 1.82) is 0 Å². The Morgan fingerprint density at radius 2 is 1.71 bits per heavy atom. The van der Waals surface area contributed by atoms with Gasteiger partial charge in [0.2, 0.25) is 0 Å². The summed E-state index contributed by atoms with van der Waals surface area (Å²) in [5, 5.41) is -0.291. The lowest BCUT2D eigenvalue weighted by atomic mass is 10.1. The van der Waals surface area contributed by atoms with Crippen LogP contribution in [0.2, 0.25) is 5.02 Å². The van der Waals surface area contributed by atoms with Gasteiger partial charge < -0.3 is 4.90 Å². The number of nitrogens with zero attached hydrogens (tertiary/aromatic N) is 2. The van der Waals surface area contributed by atoms with E-state index in [4.69, 9.17) is 11.6 Å². The molecule has 0 bridgehead atoms. The van der Waals surface area contributed by atoms with Crippen LogP contribution in [-0.2, 0) is 22.6 Å². The maximum Gasteiger partial charge on any atom is 0.417 e. The van der Waals surface area contributed by atoms with Gasteiger partial charge in [0.1, 0.15) is 0 Å². The highest BCUT2D eigenvalue weighted by atomic mass is 35.5. The van der Waals surface area contributed by atoms with Crippen LogP contribution in [-0.4, -0.2) is 45.8 Å². The van der Waals surface area contributed by atoms with Gasteiger partial charge in [-0.15, -0.1) is 0 Å². The van der Waals surface area contributed by atoms with Gasteiger partial charge >= 0.3 is 6.18 Å². The molecule has 4 nitrogen and oxygen atoms in total. The minimum absolute atomic E-state index is 0.284. The van der Waals surface area contributed by atoms with E-state index in [1.165, 1.54) is 18.4 Å². The standard InChI is InChI=1S/C19H20ClF3N2O2S/c1-28(26,27)16-4-2-3-15(12-16)25-9-7-24(8-10-25)13-14-5-6-17(18(20)11-14)19(21,22)23/h2-6,11-12H,7-10,13H2,1H3. The Morgan fingerprint density at radius 1 is 1.04 bits per heavy atom. The second-order valence-corrected chi connectivity index (χ2v) is 9.27. The average molecular weight is 433 g/mol. The third kappa shape index (κ3) is 4.98. The van der Waals surface area contributed by atoms with Crippen LogP contribution in [0.25, 0.3) is 0 Å². The Balaban J connectivity index is 1.63. The van der Waals surface area contributed by atoms with Crippen molar-refractivity contribution in [2.24, 2.45) is 0 Å². The molecule has 28 heavy (non-hydrogen) atoms.